The summed E-state index contributed by atoms with van der Waals surface area (Å²) in [5.74, 6) is -0.385. The van der Waals surface area contributed by atoms with Crippen LogP contribution in [0.4, 0.5) is 5.69 Å². The number of hydrogen-bond donors (Lipinski definition) is 1. The van der Waals surface area contributed by atoms with E-state index < -0.39 is 5.97 Å². The molecule has 0 fully saturated rings. The lowest BCUT2D eigenvalue weighted by atomic mass is 10.2. The maximum absolute atomic E-state index is 12.1. The molecule has 0 aliphatic heterocycles. The van der Waals surface area contributed by atoms with Crippen molar-refractivity contribution in [1.29, 1.82) is 0 Å². The number of hydrogen-bond acceptors (Lipinski definition) is 6. The van der Waals surface area contributed by atoms with Crippen molar-refractivity contribution < 1.29 is 19.1 Å². The molecular weight excluding hydrogens is 334 g/mol. The van der Waals surface area contributed by atoms with Crippen LogP contribution in [0.2, 0.25) is 0 Å². The van der Waals surface area contributed by atoms with Crippen LogP contribution in [0.3, 0.4) is 0 Å². The van der Waals surface area contributed by atoms with Crippen LogP contribution >= 0.6 is 0 Å². The number of esters is 1. The number of benzene rings is 2. The smallest absolute Gasteiger partial charge is 0.338 e. The highest BCUT2D eigenvalue weighted by Gasteiger charge is 2.09. The van der Waals surface area contributed by atoms with Crippen LogP contribution in [0, 0.1) is 0 Å². The fourth-order valence-electron chi connectivity index (χ4n) is 2.33. The van der Waals surface area contributed by atoms with Gasteiger partial charge in [-0.15, -0.1) is 0 Å². The van der Waals surface area contributed by atoms with Gasteiger partial charge in [-0.05, 0) is 43.3 Å². The van der Waals surface area contributed by atoms with Gasteiger partial charge in [-0.25, -0.2) is 14.8 Å². The second-order valence-corrected chi connectivity index (χ2v) is 5.33. The van der Waals surface area contributed by atoms with Crippen molar-refractivity contribution in [3.05, 3.63) is 60.4 Å². The molecule has 0 aliphatic rings. The number of amides is 1. The molecule has 26 heavy (non-hydrogen) atoms. The fourth-order valence-corrected chi connectivity index (χ4v) is 2.33. The van der Waals surface area contributed by atoms with E-state index in [1.54, 1.807) is 31.2 Å². The lowest BCUT2D eigenvalue weighted by Crippen LogP contribution is -2.20. The maximum Gasteiger partial charge on any atom is 0.338 e. The normalized spacial score (nSPS) is 10.3. The summed E-state index contributed by atoms with van der Waals surface area (Å²) in [6, 6.07) is 13.8. The summed E-state index contributed by atoms with van der Waals surface area (Å²) >= 11 is 0. The van der Waals surface area contributed by atoms with E-state index in [4.69, 9.17) is 9.47 Å². The molecule has 1 aromatic heterocycles. The van der Waals surface area contributed by atoms with E-state index in [2.05, 4.69) is 15.3 Å². The standard InChI is InChI=1S/C19H17N3O4/c1-2-25-19(24)13-7-9-14(10-8-13)22-17(23)11-26-18-15-5-3-4-6-16(15)20-12-21-18/h3-10,12H,2,11H2,1H3,(H,22,23). The summed E-state index contributed by atoms with van der Waals surface area (Å²) in [7, 11) is 0. The highest BCUT2D eigenvalue weighted by Crippen LogP contribution is 2.20. The van der Waals surface area contributed by atoms with Crippen molar-refractivity contribution in [2.24, 2.45) is 0 Å². The summed E-state index contributed by atoms with van der Waals surface area (Å²) < 4.78 is 10.4. The van der Waals surface area contributed by atoms with Gasteiger partial charge in [-0.3, -0.25) is 4.79 Å². The summed E-state index contributed by atoms with van der Waals surface area (Å²) in [5, 5.41) is 3.44. The van der Waals surface area contributed by atoms with E-state index in [0.29, 0.717) is 23.7 Å². The average molecular weight is 351 g/mol. The SMILES string of the molecule is CCOC(=O)c1ccc(NC(=O)COc2ncnc3ccccc23)cc1. The molecule has 7 heteroatoms. The Morgan fingerprint density at radius 2 is 1.81 bits per heavy atom. The first-order valence-corrected chi connectivity index (χ1v) is 8.07. The first-order valence-electron chi connectivity index (χ1n) is 8.07. The van der Waals surface area contributed by atoms with E-state index in [9.17, 15) is 9.59 Å². The van der Waals surface area contributed by atoms with E-state index in [1.165, 1.54) is 6.33 Å². The van der Waals surface area contributed by atoms with Gasteiger partial charge in [-0.2, -0.15) is 0 Å². The van der Waals surface area contributed by atoms with Crippen molar-refractivity contribution in [3.63, 3.8) is 0 Å². The van der Waals surface area contributed by atoms with Gasteiger partial charge in [0, 0.05) is 5.69 Å². The minimum absolute atomic E-state index is 0.194. The van der Waals surface area contributed by atoms with Gasteiger partial charge in [0.15, 0.2) is 6.61 Å². The second-order valence-electron chi connectivity index (χ2n) is 5.33. The van der Waals surface area contributed by atoms with Gasteiger partial charge in [0.1, 0.15) is 6.33 Å². The highest BCUT2D eigenvalue weighted by molar-refractivity contribution is 5.94. The Kier molecular flexibility index (Phi) is 5.38. The quantitative estimate of drug-likeness (QED) is 0.687. The Hall–Kier alpha value is -3.48. The molecular formula is C19H17N3O4. The number of carbonyl (C=O) groups excluding carboxylic acids is 2. The van der Waals surface area contributed by atoms with Gasteiger partial charge in [0.25, 0.3) is 5.91 Å². The summed E-state index contributed by atoms with van der Waals surface area (Å²) in [5.41, 5.74) is 1.72. The molecule has 0 saturated heterocycles. The summed E-state index contributed by atoms with van der Waals surface area (Å²) in [6.45, 7) is 1.86. The maximum atomic E-state index is 12.1. The number of nitrogens with one attached hydrogen (secondary N) is 1. The fraction of sp³-hybridized carbons (Fsp3) is 0.158. The molecule has 0 aliphatic carbocycles. The molecule has 132 valence electrons. The largest absolute Gasteiger partial charge is 0.467 e. The zero-order valence-corrected chi connectivity index (χ0v) is 14.1. The van der Waals surface area contributed by atoms with Crippen LogP contribution in [0.15, 0.2) is 54.9 Å². The first-order chi connectivity index (χ1) is 12.7. The van der Waals surface area contributed by atoms with Gasteiger partial charge in [-0.1, -0.05) is 12.1 Å². The van der Waals surface area contributed by atoms with Crippen molar-refractivity contribution in [2.45, 2.75) is 6.92 Å². The number of ether oxygens (including phenoxy) is 2. The Labute approximate surface area is 150 Å². The molecule has 1 amide bonds. The minimum Gasteiger partial charge on any atom is -0.467 e. The Morgan fingerprint density at radius 1 is 1.04 bits per heavy atom. The second kappa shape index (κ2) is 8.06. The predicted octanol–water partition coefficient (Wildman–Crippen LogP) is 2.82. The van der Waals surface area contributed by atoms with Gasteiger partial charge < -0.3 is 14.8 Å². The number of nitrogens with zero attached hydrogens (tertiary/aromatic N) is 2. The van der Waals surface area contributed by atoms with Crippen LogP contribution < -0.4 is 10.1 Å². The Morgan fingerprint density at radius 3 is 2.58 bits per heavy atom. The molecule has 0 radical (unpaired) electrons. The molecule has 0 unspecified atom stereocenters. The van der Waals surface area contributed by atoms with Crippen LogP contribution in [0.5, 0.6) is 5.88 Å². The van der Waals surface area contributed by atoms with Gasteiger partial charge >= 0.3 is 5.97 Å². The lowest BCUT2D eigenvalue weighted by molar-refractivity contribution is -0.118. The Bertz CT molecular complexity index is 920. The van der Waals surface area contributed by atoms with Crippen molar-refractivity contribution in [2.75, 3.05) is 18.5 Å². The summed E-state index contributed by atoms with van der Waals surface area (Å²) in [6.07, 6.45) is 1.39. The molecule has 1 heterocycles. The van der Waals surface area contributed by atoms with Gasteiger partial charge in [0.05, 0.1) is 23.1 Å². The molecule has 0 bridgehead atoms. The topological polar surface area (TPSA) is 90.4 Å². The number of rotatable bonds is 6. The Balaban J connectivity index is 1.59. The van der Waals surface area contributed by atoms with Crippen molar-refractivity contribution in [1.82, 2.24) is 9.97 Å². The van der Waals surface area contributed by atoms with Gasteiger partial charge in [0.2, 0.25) is 5.88 Å². The first kappa shape index (κ1) is 17.3. The predicted molar refractivity (Wildman–Crippen MR) is 96.1 cm³/mol. The number of aromatic nitrogens is 2. The number of carbonyl (C=O) groups is 2. The molecule has 2 aromatic carbocycles. The van der Waals surface area contributed by atoms with Crippen molar-refractivity contribution >= 4 is 28.5 Å². The molecule has 7 nitrogen and oxygen atoms in total. The number of para-hydroxylation sites is 1. The number of anilines is 1. The monoisotopic (exact) mass is 351 g/mol. The van der Waals surface area contributed by atoms with Crippen LogP contribution in [0.25, 0.3) is 10.9 Å². The molecule has 0 atom stereocenters. The third-order valence-corrected chi connectivity index (χ3v) is 3.53. The third kappa shape index (κ3) is 4.13. The van der Waals surface area contributed by atoms with Crippen molar-refractivity contribution in [3.8, 4) is 5.88 Å². The van der Waals surface area contributed by atoms with Crippen LogP contribution in [0.1, 0.15) is 17.3 Å². The van der Waals surface area contributed by atoms with E-state index >= 15 is 0 Å². The average Bonchev–Trinajstić information content (AvgIpc) is 2.67. The highest BCUT2D eigenvalue weighted by atomic mass is 16.5. The molecule has 3 aromatic rings. The van der Waals surface area contributed by atoms with E-state index in [0.717, 1.165) is 10.9 Å². The summed E-state index contributed by atoms with van der Waals surface area (Å²) in [4.78, 5) is 31.9. The minimum atomic E-state index is -0.399. The van der Waals surface area contributed by atoms with E-state index in [1.807, 2.05) is 24.3 Å². The molecule has 0 saturated carbocycles. The molecule has 1 N–H and O–H groups in total. The number of fused-ring (bicyclic) bond motifs is 1. The zero-order valence-electron chi connectivity index (χ0n) is 14.1. The molecule has 3 rings (SSSR count). The zero-order chi connectivity index (χ0) is 18.4. The lowest BCUT2D eigenvalue weighted by Gasteiger charge is -2.09. The van der Waals surface area contributed by atoms with Crippen LogP contribution in [-0.2, 0) is 9.53 Å². The van der Waals surface area contributed by atoms with Crippen LogP contribution in [-0.4, -0.2) is 35.1 Å². The van der Waals surface area contributed by atoms with E-state index in [-0.39, 0.29) is 12.5 Å². The molecule has 0 spiro atoms. The third-order valence-electron chi connectivity index (χ3n) is 3.53.